The van der Waals surface area contributed by atoms with Gasteiger partial charge in [0.2, 0.25) is 0 Å². The van der Waals surface area contributed by atoms with E-state index in [9.17, 15) is 4.79 Å². The van der Waals surface area contributed by atoms with Gasteiger partial charge in [0.25, 0.3) is 5.91 Å². The first-order valence-corrected chi connectivity index (χ1v) is 12.4. The van der Waals surface area contributed by atoms with Gasteiger partial charge >= 0.3 is 0 Å². The van der Waals surface area contributed by atoms with Crippen LogP contribution in [0.15, 0.2) is 54.7 Å². The number of carbonyl (C=O) groups excluding carboxylic acids is 1. The molecule has 2 saturated heterocycles. The maximum atomic E-state index is 13.2. The molecule has 0 bridgehead atoms. The molecule has 0 saturated carbocycles. The van der Waals surface area contributed by atoms with Crippen LogP contribution in [0.4, 0.5) is 0 Å². The smallest absolute Gasteiger partial charge is 0.253 e. The fourth-order valence-corrected chi connectivity index (χ4v) is 5.54. The number of amides is 1. The summed E-state index contributed by atoms with van der Waals surface area (Å²) in [5, 5.41) is 1.24. The zero-order valence-electron chi connectivity index (χ0n) is 20.0. The molecule has 5 rings (SSSR count). The van der Waals surface area contributed by atoms with E-state index in [0.29, 0.717) is 12.0 Å². The van der Waals surface area contributed by atoms with E-state index < -0.39 is 0 Å². The Morgan fingerprint density at radius 1 is 1.03 bits per heavy atom. The number of aromatic nitrogens is 1. The highest BCUT2D eigenvalue weighted by Gasteiger charge is 2.26. The third-order valence-electron chi connectivity index (χ3n) is 7.66. The number of likely N-dealkylation sites (N-methyl/N-ethyl adjacent to an activating group) is 1. The summed E-state index contributed by atoms with van der Waals surface area (Å²) in [7, 11) is 4.34. The first-order valence-electron chi connectivity index (χ1n) is 12.4. The van der Waals surface area contributed by atoms with E-state index in [1.54, 1.807) is 0 Å². The monoisotopic (exact) mass is 444 g/mol. The van der Waals surface area contributed by atoms with Crippen LogP contribution in [0.5, 0.6) is 0 Å². The quantitative estimate of drug-likeness (QED) is 0.613. The molecule has 2 aromatic carbocycles. The number of benzene rings is 2. The minimum atomic E-state index is 0.166. The summed E-state index contributed by atoms with van der Waals surface area (Å²) in [6.07, 6.45) is 6.64. The number of nitrogens with zero attached hydrogens (tertiary/aromatic N) is 3. The molecule has 1 aromatic heterocycles. The summed E-state index contributed by atoms with van der Waals surface area (Å²) in [6, 6.07) is 17.6. The van der Waals surface area contributed by atoms with Crippen molar-refractivity contribution < 1.29 is 4.79 Å². The largest absolute Gasteiger partial charge is 0.361 e. The maximum absolute atomic E-state index is 13.2. The number of aromatic amines is 1. The van der Waals surface area contributed by atoms with E-state index in [2.05, 4.69) is 71.5 Å². The summed E-state index contributed by atoms with van der Waals surface area (Å²) in [5.41, 5.74) is 4.59. The molecular formula is C28H36N4O. The van der Waals surface area contributed by atoms with Gasteiger partial charge in [0, 0.05) is 61.4 Å². The second-order valence-corrected chi connectivity index (χ2v) is 10.1. The zero-order chi connectivity index (χ0) is 22.8. The standard InChI is InChI=1S/C28H36N4O/c1-30(2)25-12-13-31(20-25)19-24-18-29-27-17-23(8-9-26(24)27)28(33)32-14-10-22(11-15-32)16-21-6-4-3-5-7-21/h3-9,17-18,22,25,29H,10-16,19-20H2,1-2H3. The van der Waals surface area contributed by atoms with Gasteiger partial charge in [-0.2, -0.15) is 0 Å². The number of piperidine rings is 1. The minimum Gasteiger partial charge on any atom is -0.361 e. The molecule has 2 aliphatic rings. The van der Waals surface area contributed by atoms with Crippen LogP contribution >= 0.6 is 0 Å². The molecule has 0 radical (unpaired) electrons. The number of fused-ring (bicyclic) bond motifs is 1. The third kappa shape index (κ3) is 4.99. The molecule has 1 atom stereocenters. The number of hydrogen-bond donors (Lipinski definition) is 1. The lowest BCUT2D eigenvalue weighted by Gasteiger charge is -2.32. The minimum absolute atomic E-state index is 0.166. The Balaban J connectivity index is 1.19. The fraction of sp³-hybridized carbons (Fsp3) is 0.464. The molecule has 5 heteroatoms. The molecule has 2 fully saturated rings. The molecule has 1 unspecified atom stereocenters. The lowest BCUT2D eigenvalue weighted by molar-refractivity contribution is 0.0690. The van der Waals surface area contributed by atoms with Gasteiger partial charge in [-0.25, -0.2) is 0 Å². The van der Waals surface area contributed by atoms with Crippen molar-refractivity contribution in [1.82, 2.24) is 19.7 Å². The van der Waals surface area contributed by atoms with Crippen LogP contribution in [-0.4, -0.2) is 71.9 Å². The molecule has 1 amide bonds. The van der Waals surface area contributed by atoms with Crippen molar-refractivity contribution in [2.45, 2.75) is 38.3 Å². The lowest BCUT2D eigenvalue weighted by atomic mass is 9.90. The summed E-state index contributed by atoms with van der Waals surface area (Å²) >= 11 is 0. The van der Waals surface area contributed by atoms with Crippen LogP contribution in [0.1, 0.15) is 40.7 Å². The number of likely N-dealkylation sites (tertiary alicyclic amines) is 2. The first kappa shape index (κ1) is 22.2. The van der Waals surface area contributed by atoms with Gasteiger partial charge in [-0.3, -0.25) is 9.69 Å². The number of carbonyl (C=O) groups is 1. The average molecular weight is 445 g/mol. The zero-order valence-corrected chi connectivity index (χ0v) is 20.0. The second kappa shape index (κ2) is 9.70. The topological polar surface area (TPSA) is 42.6 Å². The van der Waals surface area contributed by atoms with E-state index >= 15 is 0 Å². The van der Waals surface area contributed by atoms with Gasteiger partial charge in [-0.15, -0.1) is 0 Å². The predicted molar refractivity (Wildman–Crippen MR) is 134 cm³/mol. The summed E-state index contributed by atoms with van der Waals surface area (Å²) in [5.74, 6) is 0.835. The van der Waals surface area contributed by atoms with Crippen molar-refractivity contribution >= 4 is 16.8 Å². The lowest BCUT2D eigenvalue weighted by Crippen LogP contribution is -2.38. The molecule has 33 heavy (non-hydrogen) atoms. The van der Waals surface area contributed by atoms with E-state index in [4.69, 9.17) is 0 Å². The second-order valence-electron chi connectivity index (χ2n) is 10.1. The first-order chi connectivity index (χ1) is 16.1. The summed E-state index contributed by atoms with van der Waals surface area (Å²) < 4.78 is 0. The normalized spacial score (nSPS) is 20.2. The van der Waals surface area contributed by atoms with Gasteiger partial charge in [-0.1, -0.05) is 36.4 Å². The van der Waals surface area contributed by atoms with Gasteiger partial charge in [-0.05, 0) is 69.0 Å². The van der Waals surface area contributed by atoms with Crippen LogP contribution in [0.25, 0.3) is 10.9 Å². The predicted octanol–water partition coefficient (Wildman–Crippen LogP) is 4.40. The highest BCUT2D eigenvalue weighted by molar-refractivity contribution is 5.98. The van der Waals surface area contributed by atoms with E-state index in [0.717, 1.165) is 63.1 Å². The van der Waals surface area contributed by atoms with Gasteiger partial charge in [0.1, 0.15) is 0 Å². The van der Waals surface area contributed by atoms with Crippen molar-refractivity contribution in [3.63, 3.8) is 0 Å². The molecule has 0 aliphatic carbocycles. The Hall–Kier alpha value is -2.63. The van der Waals surface area contributed by atoms with Crippen molar-refractivity contribution in [3.8, 4) is 0 Å². The van der Waals surface area contributed by atoms with Crippen molar-refractivity contribution in [1.29, 1.82) is 0 Å². The third-order valence-corrected chi connectivity index (χ3v) is 7.66. The van der Waals surface area contributed by atoms with Crippen molar-refractivity contribution in [3.05, 3.63) is 71.4 Å². The maximum Gasteiger partial charge on any atom is 0.253 e. The molecular weight excluding hydrogens is 408 g/mol. The Kier molecular flexibility index (Phi) is 6.52. The molecule has 3 heterocycles. The molecule has 174 valence electrons. The fourth-order valence-electron chi connectivity index (χ4n) is 5.54. The van der Waals surface area contributed by atoms with Crippen LogP contribution in [0.2, 0.25) is 0 Å². The van der Waals surface area contributed by atoms with Crippen LogP contribution in [0.3, 0.4) is 0 Å². The van der Waals surface area contributed by atoms with Gasteiger partial charge in [0.15, 0.2) is 0 Å². The van der Waals surface area contributed by atoms with Crippen LogP contribution in [-0.2, 0) is 13.0 Å². The van der Waals surface area contributed by atoms with Crippen molar-refractivity contribution in [2.24, 2.45) is 5.92 Å². The Morgan fingerprint density at radius 2 is 1.82 bits per heavy atom. The van der Waals surface area contributed by atoms with E-state index in [1.165, 1.54) is 22.9 Å². The molecule has 5 nitrogen and oxygen atoms in total. The molecule has 3 aromatic rings. The Labute approximate surface area is 197 Å². The number of hydrogen-bond acceptors (Lipinski definition) is 3. The Morgan fingerprint density at radius 3 is 2.55 bits per heavy atom. The highest BCUT2D eigenvalue weighted by Crippen LogP contribution is 2.26. The van der Waals surface area contributed by atoms with Gasteiger partial charge < -0.3 is 14.8 Å². The van der Waals surface area contributed by atoms with E-state index in [-0.39, 0.29) is 5.91 Å². The number of nitrogens with one attached hydrogen (secondary N) is 1. The molecule has 0 spiro atoms. The highest BCUT2D eigenvalue weighted by atomic mass is 16.2. The summed E-state index contributed by atoms with van der Waals surface area (Å²) in [6.45, 7) is 4.94. The van der Waals surface area contributed by atoms with Crippen LogP contribution in [0, 0.1) is 5.92 Å². The van der Waals surface area contributed by atoms with Gasteiger partial charge in [0.05, 0.1) is 0 Å². The number of H-pyrrole nitrogens is 1. The van der Waals surface area contributed by atoms with Crippen molar-refractivity contribution in [2.75, 3.05) is 40.3 Å². The SMILES string of the molecule is CN(C)C1CCN(Cc2c[nH]c3cc(C(=O)N4CCC(Cc5ccccc5)CC4)ccc23)C1. The summed E-state index contributed by atoms with van der Waals surface area (Å²) in [4.78, 5) is 23.5. The molecule has 1 N–H and O–H groups in total. The van der Waals surface area contributed by atoms with E-state index in [1.807, 2.05) is 17.0 Å². The number of rotatable bonds is 6. The Bertz CT molecular complexity index is 1080. The van der Waals surface area contributed by atoms with Crippen LogP contribution < -0.4 is 0 Å². The molecule has 2 aliphatic heterocycles. The average Bonchev–Trinajstić information content (AvgIpc) is 3.47.